The number of methoxy groups -OCH3 is 1. The number of hydrazone groups is 1. The molecule has 1 atom stereocenters. The van der Waals surface area contributed by atoms with Crippen LogP contribution in [0.1, 0.15) is 61.9 Å². The minimum Gasteiger partial charge on any atom is -0.496 e. The van der Waals surface area contributed by atoms with Crippen LogP contribution in [0.4, 0.5) is 0 Å². The van der Waals surface area contributed by atoms with Gasteiger partial charge in [-0.25, -0.2) is 5.01 Å². The van der Waals surface area contributed by atoms with E-state index >= 15 is 0 Å². The van der Waals surface area contributed by atoms with Crippen LogP contribution in [0.2, 0.25) is 0 Å². The molecule has 0 aliphatic carbocycles. The standard InChI is InChI=1S/C27H35N3O3/c1-18-12-13-20(14-19(18)2)22-15-23(21-10-8-9-11-24(21)33-7)30(28-22)26(32)17-29(6)25(31)16-27(3,4)5/h8-14,23H,15-17H2,1-7H3/t23-/m0/s1. The van der Waals surface area contributed by atoms with Crippen LogP contribution >= 0.6 is 0 Å². The van der Waals surface area contributed by atoms with Gasteiger partial charge in [0.2, 0.25) is 5.91 Å². The van der Waals surface area contributed by atoms with Crippen LogP contribution in [0.15, 0.2) is 47.6 Å². The summed E-state index contributed by atoms with van der Waals surface area (Å²) < 4.78 is 5.58. The van der Waals surface area contributed by atoms with E-state index in [4.69, 9.17) is 9.84 Å². The van der Waals surface area contributed by atoms with E-state index in [1.807, 2.05) is 51.1 Å². The van der Waals surface area contributed by atoms with Gasteiger partial charge < -0.3 is 9.64 Å². The predicted molar refractivity (Wildman–Crippen MR) is 131 cm³/mol. The molecular formula is C27H35N3O3. The molecule has 1 heterocycles. The summed E-state index contributed by atoms with van der Waals surface area (Å²) in [6, 6.07) is 13.7. The molecule has 0 aromatic heterocycles. The number of nitrogens with zero attached hydrogens (tertiary/aromatic N) is 3. The molecule has 0 N–H and O–H groups in total. The van der Waals surface area contributed by atoms with E-state index in [2.05, 4.69) is 26.0 Å². The maximum absolute atomic E-state index is 13.4. The summed E-state index contributed by atoms with van der Waals surface area (Å²) in [4.78, 5) is 27.5. The number of ether oxygens (including phenoxy) is 1. The second kappa shape index (κ2) is 9.77. The van der Waals surface area contributed by atoms with Crippen LogP contribution in [0, 0.1) is 19.3 Å². The van der Waals surface area contributed by atoms with E-state index in [0.717, 1.165) is 16.8 Å². The second-order valence-electron chi connectivity index (χ2n) is 10.0. The predicted octanol–water partition coefficient (Wildman–Crippen LogP) is 4.88. The fraction of sp³-hybridized carbons (Fsp3) is 0.444. The van der Waals surface area contributed by atoms with Gasteiger partial charge >= 0.3 is 0 Å². The molecule has 0 unspecified atom stereocenters. The van der Waals surface area contributed by atoms with Gasteiger partial charge in [-0.2, -0.15) is 5.10 Å². The van der Waals surface area contributed by atoms with E-state index in [9.17, 15) is 9.59 Å². The van der Waals surface area contributed by atoms with E-state index in [0.29, 0.717) is 18.6 Å². The fourth-order valence-electron chi connectivity index (χ4n) is 3.97. The average molecular weight is 450 g/mol. The Morgan fingerprint density at radius 1 is 1.12 bits per heavy atom. The normalized spacial score (nSPS) is 15.9. The molecule has 0 saturated carbocycles. The Morgan fingerprint density at radius 3 is 2.45 bits per heavy atom. The molecule has 176 valence electrons. The zero-order chi connectivity index (χ0) is 24.3. The van der Waals surface area contributed by atoms with Crippen LogP contribution in [0.5, 0.6) is 5.75 Å². The summed E-state index contributed by atoms with van der Waals surface area (Å²) in [5.74, 6) is 0.450. The molecular weight excluding hydrogens is 414 g/mol. The fourth-order valence-corrected chi connectivity index (χ4v) is 3.97. The number of likely N-dealkylation sites (N-methyl/N-ethyl adjacent to an activating group) is 1. The third kappa shape index (κ3) is 5.81. The molecule has 0 fully saturated rings. The number of rotatable bonds is 6. The minimum absolute atomic E-state index is 0.0235. The zero-order valence-electron chi connectivity index (χ0n) is 20.8. The molecule has 2 amide bonds. The van der Waals surface area contributed by atoms with Crippen LogP contribution in [-0.2, 0) is 9.59 Å². The summed E-state index contributed by atoms with van der Waals surface area (Å²) in [7, 11) is 3.30. The highest BCUT2D eigenvalue weighted by Crippen LogP contribution is 2.37. The first-order chi connectivity index (χ1) is 15.5. The molecule has 3 rings (SSSR count). The number of carbonyl (C=O) groups is 2. The van der Waals surface area contributed by atoms with Crippen molar-refractivity contribution in [2.24, 2.45) is 10.5 Å². The molecule has 2 aromatic rings. The SMILES string of the molecule is COc1ccccc1[C@@H]1CC(c2ccc(C)c(C)c2)=NN1C(=O)CN(C)C(=O)CC(C)(C)C. The highest BCUT2D eigenvalue weighted by molar-refractivity contribution is 6.03. The summed E-state index contributed by atoms with van der Waals surface area (Å²) in [6.07, 6.45) is 0.956. The molecule has 6 nitrogen and oxygen atoms in total. The first-order valence-corrected chi connectivity index (χ1v) is 11.3. The summed E-state index contributed by atoms with van der Waals surface area (Å²) in [5, 5.41) is 6.29. The molecule has 33 heavy (non-hydrogen) atoms. The van der Waals surface area contributed by atoms with Gasteiger partial charge in [-0.3, -0.25) is 9.59 Å². The van der Waals surface area contributed by atoms with Gasteiger partial charge in [-0.15, -0.1) is 0 Å². The summed E-state index contributed by atoms with van der Waals surface area (Å²) in [5.41, 5.74) is 5.01. The summed E-state index contributed by atoms with van der Waals surface area (Å²) >= 11 is 0. The third-order valence-electron chi connectivity index (χ3n) is 5.98. The van der Waals surface area contributed by atoms with E-state index < -0.39 is 0 Å². The Labute approximate surface area is 197 Å². The summed E-state index contributed by atoms with van der Waals surface area (Å²) in [6.45, 7) is 10.2. The number of hydrogen-bond donors (Lipinski definition) is 0. The third-order valence-corrected chi connectivity index (χ3v) is 5.98. The lowest BCUT2D eigenvalue weighted by atomic mass is 9.92. The molecule has 0 spiro atoms. The van der Waals surface area contributed by atoms with Crippen molar-refractivity contribution in [1.29, 1.82) is 0 Å². The smallest absolute Gasteiger partial charge is 0.262 e. The Balaban J connectivity index is 1.92. The molecule has 1 aliphatic heterocycles. The van der Waals surface area contributed by atoms with E-state index in [1.165, 1.54) is 21.0 Å². The highest BCUT2D eigenvalue weighted by atomic mass is 16.5. The topological polar surface area (TPSA) is 62.2 Å². The van der Waals surface area contributed by atoms with Gasteiger partial charge in [0, 0.05) is 25.5 Å². The molecule has 1 aliphatic rings. The largest absolute Gasteiger partial charge is 0.496 e. The number of aryl methyl sites for hydroxylation is 2. The monoisotopic (exact) mass is 449 g/mol. The molecule has 6 heteroatoms. The lowest BCUT2D eigenvalue weighted by Gasteiger charge is -2.27. The number of para-hydroxylation sites is 1. The van der Waals surface area contributed by atoms with E-state index in [1.54, 1.807) is 14.2 Å². The zero-order valence-corrected chi connectivity index (χ0v) is 20.8. The Bertz CT molecular complexity index is 1070. The van der Waals surface area contributed by atoms with Crippen LogP contribution < -0.4 is 4.74 Å². The van der Waals surface area contributed by atoms with Crippen molar-refractivity contribution in [2.75, 3.05) is 20.7 Å². The molecule has 0 radical (unpaired) electrons. The lowest BCUT2D eigenvalue weighted by molar-refractivity contribution is -0.141. The second-order valence-corrected chi connectivity index (χ2v) is 10.0. The van der Waals surface area contributed by atoms with Gasteiger partial charge in [0.1, 0.15) is 12.3 Å². The number of hydrogen-bond acceptors (Lipinski definition) is 4. The van der Waals surface area contributed by atoms with Crippen LogP contribution in [-0.4, -0.2) is 48.1 Å². The van der Waals surface area contributed by atoms with Gasteiger partial charge in [-0.05, 0) is 48.1 Å². The van der Waals surface area contributed by atoms with Crippen molar-refractivity contribution in [3.8, 4) is 5.75 Å². The van der Waals surface area contributed by atoms with Crippen molar-refractivity contribution >= 4 is 17.5 Å². The Hall–Kier alpha value is -3.15. The first kappa shape index (κ1) is 24.5. The van der Waals surface area contributed by atoms with Crippen LogP contribution in [0.3, 0.4) is 0 Å². The minimum atomic E-state index is -0.295. The molecule has 2 aromatic carbocycles. The molecule has 0 saturated heterocycles. The number of amides is 2. The lowest BCUT2D eigenvalue weighted by Crippen LogP contribution is -2.40. The Morgan fingerprint density at radius 2 is 1.82 bits per heavy atom. The van der Waals surface area contributed by atoms with Crippen molar-refractivity contribution in [2.45, 2.75) is 53.5 Å². The van der Waals surface area contributed by atoms with Gasteiger partial charge in [0.05, 0.1) is 18.9 Å². The Kier molecular flexibility index (Phi) is 7.25. The maximum Gasteiger partial charge on any atom is 0.262 e. The first-order valence-electron chi connectivity index (χ1n) is 11.3. The van der Waals surface area contributed by atoms with Crippen molar-refractivity contribution in [3.63, 3.8) is 0 Å². The van der Waals surface area contributed by atoms with Crippen molar-refractivity contribution in [3.05, 3.63) is 64.7 Å². The number of carbonyl (C=O) groups excluding carboxylic acids is 2. The quantitative estimate of drug-likeness (QED) is 0.631. The maximum atomic E-state index is 13.4. The number of benzene rings is 2. The molecule has 0 bridgehead atoms. The van der Waals surface area contributed by atoms with Gasteiger partial charge in [0.15, 0.2) is 0 Å². The highest BCUT2D eigenvalue weighted by Gasteiger charge is 2.35. The average Bonchev–Trinajstić information content (AvgIpc) is 3.19. The van der Waals surface area contributed by atoms with Gasteiger partial charge in [-0.1, -0.05) is 51.1 Å². The van der Waals surface area contributed by atoms with Gasteiger partial charge in [0.25, 0.3) is 5.91 Å². The van der Waals surface area contributed by atoms with E-state index in [-0.39, 0.29) is 29.8 Å². The van der Waals surface area contributed by atoms with Crippen molar-refractivity contribution in [1.82, 2.24) is 9.91 Å². The van der Waals surface area contributed by atoms with Crippen LogP contribution in [0.25, 0.3) is 0 Å². The van der Waals surface area contributed by atoms with Crippen molar-refractivity contribution < 1.29 is 14.3 Å².